The third kappa shape index (κ3) is 3.05. The Labute approximate surface area is 149 Å². The Morgan fingerprint density at radius 2 is 1.40 bits per heavy atom. The fourth-order valence-electron chi connectivity index (χ4n) is 3.88. The first-order valence-corrected chi connectivity index (χ1v) is 10.3. The molecule has 0 aromatic heterocycles. The molecule has 1 fully saturated rings. The standard InChI is InChI=1S/C21H23NO2S/c1-14-3-4-17(11-15(14)2)20-13-21(9-10-21)12-19(20)16-5-7-18(8-6-16)25(22,23)24/h3-8,11H,9-10,12-13H2,1-2H3,(H2,22,23,24). The number of rotatable bonds is 3. The van der Waals surface area contributed by atoms with Gasteiger partial charge in [0.2, 0.25) is 10.0 Å². The Hall–Kier alpha value is -1.91. The molecule has 0 atom stereocenters. The highest BCUT2D eigenvalue weighted by molar-refractivity contribution is 7.89. The van der Waals surface area contributed by atoms with Gasteiger partial charge in [-0.15, -0.1) is 0 Å². The predicted octanol–water partition coefficient (Wildman–Crippen LogP) is 4.44. The molecular formula is C21H23NO2S. The quantitative estimate of drug-likeness (QED) is 0.887. The molecule has 2 N–H and O–H groups in total. The zero-order valence-electron chi connectivity index (χ0n) is 14.7. The topological polar surface area (TPSA) is 60.2 Å². The second-order valence-electron chi connectivity index (χ2n) is 7.68. The fourth-order valence-corrected chi connectivity index (χ4v) is 4.40. The molecule has 2 aromatic carbocycles. The first-order valence-electron chi connectivity index (χ1n) is 8.70. The van der Waals surface area contributed by atoms with E-state index in [0.717, 1.165) is 18.4 Å². The lowest BCUT2D eigenvalue weighted by Gasteiger charge is -2.11. The van der Waals surface area contributed by atoms with Crippen LogP contribution in [-0.4, -0.2) is 8.42 Å². The molecule has 25 heavy (non-hydrogen) atoms. The van der Waals surface area contributed by atoms with Gasteiger partial charge in [0.15, 0.2) is 0 Å². The van der Waals surface area contributed by atoms with E-state index in [1.165, 1.54) is 40.7 Å². The number of aryl methyl sites for hydroxylation is 2. The first kappa shape index (κ1) is 16.6. The molecule has 1 saturated carbocycles. The van der Waals surface area contributed by atoms with Crippen molar-refractivity contribution in [3.05, 3.63) is 64.7 Å². The van der Waals surface area contributed by atoms with Gasteiger partial charge in [-0.05, 0) is 90.5 Å². The van der Waals surface area contributed by atoms with Crippen LogP contribution < -0.4 is 5.14 Å². The maximum atomic E-state index is 11.5. The molecule has 4 rings (SSSR count). The van der Waals surface area contributed by atoms with Crippen LogP contribution in [0.3, 0.4) is 0 Å². The van der Waals surface area contributed by atoms with Crippen LogP contribution in [0.1, 0.15) is 47.9 Å². The summed E-state index contributed by atoms with van der Waals surface area (Å²) in [7, 11) is -3.65. The third-order valence-corrected chi connectivity index (χ3v) is 6.74. The minimum Gasteiger partial charge on any atom is -0.225 e. The normalized spacial score (nSPS) is 18.8. The molecule has 130 valence electrons. The molecule has 0 aliphatic heterocycles. The van der Waals surface area contributed by atoms with Gasteiger partial charge in [-0.1, -0.05) is 30.3 Å². The number of hydrogen-bond acceptors (Lipinski definition) is 2. The van der Waals surface area contributed by atoms with Crippen LogP contribution in [0.4, 0.5) is 0 Å². The lowest BCUT2D eigenvalue weighted by Crippen LogP contribution is -2.11. The second kappa shape index (κ2) is 5.55. The second-order valence-corrected chi connectivity index (χ2v) is 9.24. The van der Waals surface area contributed by atoms with E-state index in [4.69, 9.17) is 5.14 Å². The van der Waals surface area contributed by atoms with E-state index in [2.05, 4.69) is 32.0 Å². The highest BCUT2D eigenvalue weighted by Gasteiger charge is 2.48. The summed E-state index contributed by atoms with van der Waals surface area (Å²) < 4.78 is 23.0. The monoisotopic (exact) mass is 353 g/mol. The SMILES string of the molecule is Cc1ccc(C2=C(c3ccc(S(N)(=O)=O)cc3)CC3(CC3)C2)cc1C. The number of primary sulfonamides is 1. The summed E-state index contributed by atoms with van der Waals surface area (Å²) in [6.07, 6.45) is 4.80. The summed E-state index contributed by atoms with van der Waals surface area (Å²) in [5, 5.41) is 5.22. The summed E-state index contributed by atoms with van der Waals surface area (Å²) >= 11 is 0. The van der Waals surface area contributed by atoms with Gasteiger partial charge in [-0.3, -0.25) is 0 Å². The van der Waals surface area contributed by atoms with Gasteiger partial charge < -0.3 is 0 Å². The molecule has 0 unspecified atom stereocenters. The number of sulfonamides is 1. The van der Waals surface area contributed by atoms with E-state index in [1.54, 1.807) is 12.1 Å². The molecule has 4 heteroatoms. The van der Waals surface area contributed by atoms with Crippen molar-refractivity contribution in [1.29, 1.82) is 0 Å². The summed E-state index contributed by atoms with van der Waals surface area (Å²) in [6, 6.07) is 13.7. The lowest BCUT2D eigenvalue weighted by molar-refractivity contribution is 0.568. The molecule has 0 amide bonds. The van der Waals surface area contributed by atoms with Crippen molar-refractivity contribution in [2.75, 3.05) is 0 Å². The number of benzene rings is 2. The van der Waals surface area contributed by atoms with Crippen molar-refractivity contribution >= 4 is 21.2 Å². The minimum absolute atomic E-state index is 0.170. The van der Waals surface area contributed by atoms with Gasteiger partial charge in [0.05, 0.1) is 4.90 Å². The Morgan fingerprint density at radius 3 is 1.92 bits per heavy atom. The van der Waals surface area contributed by atoms with E-state index in [0.29, 0.717) is 5.41 Å². The predicted molar refractivity (Wildman–Crippen MR) is 101 cm³/mol. The Balaban J connectivity index is 1.79. The van der Waals surface area contributed by atoms with Crippen molar-refractivity contribution in [2.45, 2.75) is 44.4 Å². The largest absolute Gasteiger partial charge is 0.238 e. The average molecular weight is 353 g/mol. The minimum atomic E-state index is -3.65. The molecule has 3 nitrogen and oxygen atoms in total. The summed E-state index contributed by atoms with van der Waals surface area (Å²) in [4.78, 5) is 0.170. The molecule has 2 aliphatic rings. The van der Waals surface area contributed by atoms with E-state index in [1.807, 2.05) is 12.1 Å². The number of nitrogens with two attached hydrogens (primary N) is 1. The smallest absolute Gasteiger partial charge is 0.225 e. The average Bonchev–Trinajstić information content (AvgIpc) is 3.20. The number of allylic oxidation sites excluding steroid dienone is 2. The van der Waals surface area contributed by atoms with Gasteiger partial charge in [-0.25, -0.2) is 13.6 Å². The Kier molecular flexibility index (Phi) is 3.67. The van der Waals surface area contributed by atoms with Crippen molar-refractivity contribution in [3.8, 4) is 0 Å². The van der Waals surface area contributed by atoms with Crippen LogP contribution >= 0.6 is 0 Å². The lowest BCUT2D eigenvalue weighted by atomic mass is 9.95. The van der Waals surface area contributed by atoms with Crippen LogP contribution in [0.15, 0.2) is 47.4 Å². The van der Waals surface area contributed by atoms with Crippen LogP contribution in [-0.2, 0) is 10.0 Å². The molecule has 2 aromatic rings. The van der Waals surface area contributed by atoms with E-state index >= 15 is 0 Å². The van der Waals surface area contributed by atoms with Gasteiger partial charge >= 0.3 is 0 Å². The fraction of sp³-hybridized carbons (Fsp3) is 0.333. The van der Waals surface area contributed by atoms with Crippen LogP contribution in [0.2, 0.25) is 0 Å². The molecule has 0 bridgehead atoms. The number of hydrogen-bond donors (Lipinski definition) is 1. The highest BCUT2D eigenvalue weighted by atomic mass is 32.2. The Morgan fingerprint density at radius 1 is 0.840 bits per heavy atom. The van der Waals surface area contributed by atoms with Crippen LogP contribution in [0, 0.1) is 19.3 Å². The summed E-state index contributed by atoms with van der Waals surface area (Å²) in [5.41, 5.74) is 8.27. The van der Waals surface area contributed by atoms with E-state index in [-0.39, 0.29) is 4.90 Å². The van der Waals surface area contributed by atoms with Gasteiger partial charge in [0.1, 0.15) is 0 Å². The van der Waals surface area contributed by atoms with Crippen LogP contribution in [0.5, 0.6) is 0 Å². The van der Waals surface area contributed by atoms with Crippen molar-refractivity contribution < 1.29 is 8.42 Å². The Bertz CT molecular complexity index is 981. The van der Waals surface area contributed by atoms with Crippen molar-refractivity contribution in [1.82, 2.24) is 0 Å². The van der Waals surface area contributed by atoms with Crippen LogP contribution in [0.25, 0.3) is 11.1 Å². The maximum absolute atomic E-state index is 11.5. The zero-order valence-corrected chi connectivity index (χ0v) is 15.5. The van der Waals surface area contributed by atoms with E-state index < -0.39 is 10.0 Å². The highest BCUT2D eigenvalue weighted by Crippen LogP contribution is 2.63. The summed E-state index contributed by atoms with van der Waals surface area (Å²) in [6.45, 7) is 4.29. The van der Waals surface area contributed by atoms with Crippen molar-refractivity contribution in [2.24, 2.45) is 10.6 Å². The van der Waals surface area contributed by atoms with Gasteiger partial charge in [0.25, 0.3) is 0 Å². The third-order valence-electron chi connectivity index (χ3n) is 5.81. The van der Waals surface area contributed by atoms with Gasteiger partial charge in [0, 0.05) is 0 Å². The molecule has 0 saturated heterocycles. The molecule has 0 heterocycles. The molecular weight excluding hydrogens is 330 g/mol. The van der Waals surface area contributed by atoms with Crippen molar-refractivity contribution in [3.63, 3.8) is 0 Å². The molecule has 1 spiro atoms. The molecule has 2 aliphatic carbocycles. The maximum Gasteiger partial charge on any atom is 0.238 e. The zero-order chi connectivity index (χ0) is 17.8. The molecule has 0 radical (unpaired) electrons. The summed E-state index contributed by atoms with van der Waals surface area (Å²) in [5.74, 6) is 0. The van der Waals surface area contributed by atoms with Gasteiger partial charge in [-0.2, -0.15) is 0 Å². The van der Waals surface area contributed by atoms with E-state index in [9.17, 15) is 8.42 Å². The first-order chi connectivity index (χ1) is 11.8.